The minimum atomic E-state index is 0.663. The van der Waals surface area contributed by atoms with Crippen molar-refractivity contribution in [1.82, 2.24) is 14.7 Å². The van der Waals surface area contributed by atoms with Crippen LogP contribution in [0.2, 0.25) is 0 Å². The van der Waals surface area contributed by atoms with Crippen molar-refractivity contribution in [3.05, 3.63) is 0 Å². The van der Waals surface area contributed by atoms with Gasteiger partial charge in [-0.3, -0.25) is 4.90 Å². The van der Waals surface area contributed by atoms with Crippen LogP contribution >= 0.6 is 0 Å². The Morgan fingerprint density at radius 3 is 2.33 bits per heavy atom. The van der Waals surface area contributed by atoms with Crippen molar-refractivity contribution < 1.29 is 0 Å². The summed E-state index contributed by atoms with van der Waals surface area (Å²) >= 11 is 0. The van der Waals surface area contributed by atoms with E-state index in [0.717, 1.165) is 6.04 Å². The summed E-state index contributed by atoms with van der Waals surface area (Å²) < 4.78 is 0. The molecule has 0 aromatic rings. The topological polar surface area (TPSA) is 9.72 Å². The molecule has 3 heteroatoms. The second kappa shape index (κ2) is 5.10. The van der Waals surface area contributed by atoms with Crippen LogP contribution in [-0.4, -0.2) is 73.6 Å². The Labute approximate surface area is 112 Å². The Kier molecular flexibility index (Phi) is 3.65. The van der Waals surface area contributed by atoms with E-state index >= 15 is 0 Å². The Morgan fingerprint density at radius 1 is 1.00 bits per heavy atom. The van der Waals surface area contributed by atoms with Gasteiger partial charge in [0.15, 0.2) is 0 Å². The van der Waals surface area contributed by atoms with Gasteiger partial charge in [-0.05, 0) is 70.9 Å². The number of piperidine rings is 1. The number of hydrogen-bond acceptors (Lipinski definition) is 3. The molecule has 0 N–H and O–H groups in total. The van der Waals surface area contributed by atoms with Gasteiger partial charge in [-0.25, -0.2) is 0 Å². The predicted molar refractivity (Wildman–Crippen MR) is 75.9 cm³/mol. The second-order valence-corrected chi connectivity index (χ2v) is 6.87. The summed E-state index contributed by atoms with van der Waals surface area (Å²) in [5.74, 6) is 0. The highest BCUT2D eigenvalue weighted by atomic mass is 15.2. The first-order valence-corrected chi connectivity index (χ1v) is 7.86. The van der Waals surface area contributed by atoms with E-state index < -0.39 is 0 Å². The van der Waals surface area contributed by atoms with Crippen LogP contribution in [0.25, 0.3) is 0 Å². The Morgan fingerprint density at radius 2 is 1.72 bits per heavy atom. The normalized spacial score (nSPS) is 37.0. The fraction of sp³-hybridized carbons (Fsp3) is 1.00. The molecule has 0 amide bonds. The molecule has 0 bridgehead atoms. The fourth-order valence-electron chi connectivity index (χ4n) is 4.37. The quantitative estimate of drug-likeness (QED) is 0.736. The minimum Gasteiger partial charge on any atom is -0.306 e. The van der Waals surface area contributed by atoms with Crippen LogP contribution in [0, 0.1) is 5.41 Å². The van der Waals surface area contributed by atoms with E-state index in [9.17, 15) is 0 Å². The van der Waals surface area contributed by atoms with Crippen LogP contribution in [0.5, 0.6) is 0 Å². The molecule has 3 heterocycles. The molecule has 3 saturated heterocycles. The molecule has 3 nitrogen and oxygen atoms in total. The van der Waals surface area contributed by atoms with Crippen molar-refractivity contribution in [3.63, 3.8) is 0 Å². The third-order valence-corrected chi connectivity index (χ3v) is 5.62. The van der Waals surface area contributed by atoms with Crippen molar-refractivity contribution in [2.75, 3.05) is 52.9 Å². The average Bonchev–Trinajstić information content (AvgIpc) is 2.97. The summed E-state index contributed by atoms with van der Waals surface area (Å²) in [5, 5.41) is 0. The summed E-state index contributed by atoms with van der Waals surface area (Å²) in [7, 11) is 2.29. The molecule has 0 saturated carbocycles. The van der Waals surface area contributed by atoms with Crippen molar-refractivity contribution in [2.24, 2.45) is 5.41 Å². The zero-order valence-corrected chi connectivity index (χ0v) is 12.2. The molecule has 3 aliphatic heterocycles. The maximum atomic E-state index is 2.83. The molecular formula is C15H29N3. The van der Waals surface area contributed by atoms with Crippen LogP contribution in [0.4, 0.5) is 0 Å². The zero-order valence-electron chi connectivity index (χ0n) is 12.2. The lowest BCUT2D eigenvalue weighted by molar-refractivity contribution is 0.119. The van der Waals surface area contributed by atoms with E-state index in [1.807, 2.05) is 0 Å². The summed E-state index contributed by atoms with van der Waals surface area (Å²) in [6, 6.07) is 0.887. The lowest BCUT2D eigenvalue weighted by Gasteiger charge is -2.37. The molecule has 0 aliphatic carbocycles. The van der Waals surface area contributed by atoms with Crippen LogP contribution < -0.4 is 0 Å². The first-order valence-electron chi connectivity index (χ1n) is 7.86. The van der Waals surface area contributed by atoms with Gasteiger partial charge in [0.25, 0.3) is 0 Å². The maximum absolute atomic E-state index is 2.83. The lowest BCUT2D eigenvalue weighted by atomic mass is 9.86. The SMILES string of the molecule is CCN1CCC(N2CCC3(CCN(C)C3)C2)CC1. The van der Waals surface area contributed by atoms with Gasteiger partial charge >= 0.3 is 0 Å². The zero-order chi connectivity index (χ0) is 12.6. The second-order valence-electron chi connectivity index (χ2n) is 6.87. The standard InChI is InChI=1S/C15H29N3/c1-3-17-8-4-14(5-9-17)18-11-7-15(13-18)6-10-16(2)12-15/h14H,3-13H2,1-2H3. The Hall–Kier alpha value is -0.120. The van der Waals surface area contributed by atoms with Gasteiger partial charge < -0.3 is 9.80 Å². The van der Waals surface area contributed by atoms with E-state index in [4.69, 9.17) is 0 Å². The molecule has 1 spiro atoms. The van der Waals surface area contributed by atoms with Crippen LogP contribution in [0.3, 0.4) is 0 Å². The smallest absolute Gasteiger partial charge is 0.0120 e. The maximum Gasteiger partial charge on any atom is 0.0120 e. The van der Waals surface area contributed by atoms with E-state index in [2.05, 4.69) is 28.7 Å². The number of likely N-dealkylation sites (tertiary alicyclic amines) is 3. The molecule has 3 fully saturated rings. The number of nitrogens with zero attached hydrogens (tertiary/aromatic N) is 3. The molecule has 1 atom stereocenters. The molecule has 3 aliphatic rings. The van der Waals surface area contributed by atoms with Crippen LogP contribution in [-0.2, 0) is 0 Å². The largest absolute Gasteiger partial charge is 0.306 e. The van der Waals surface area contributed by atoms with Crippen molar-refractivity contribution >= 4 is 0 Å². The van der Waals surface area contributed by atoms with Crippen LogP contribution in [0.1, 0.15) is 32.6 Å². The molecule has 104 valence electrons. The van der Waals surface area contributed by atoms with Crippen molar-refractivity contribution in [3.8, 4) is 0 Å². The predicted octanol–water partition coefficient (Wildman–Crippen LogP) is 1.50. The van der Waals surface area contributed by atoms with Crippen molar-refractivity contribution in [1.29, 1.82) is 0 Å². The Balaban J connectivity index is 1.53. The number of rotatable bonds is 2. The molecule has 0 aromatic carbocycles. The molecular weight excluding hydrogens is 222 g/mol. The molecule has 1 unspecified atom stereocenters. The highest BCUT2D eigenvalue weighted by Crippen LogP contribution is 2.40. The summed E-state index contributed by atoms with van der Waals surface area (Å²) in [4.78, 5) is 7.96. The summed E-state index contributed by atoms with van der Waals surface area (Å²) in [6.07, 6.45) is 5.69. The minimum absolute atomic E-state index is 0.663. The lowest BCUT2D eigenvalue weighted by Crippen LogP contribution is -2.44. The Bertz CT molecular complexity index is 285. The fourth-order valence-corrected chi connectivity index (χ4v) is 4.37. The monoisotopic (exact) mass is 251 g/mol. The molecule has 0 aromatic heterocycles. The highest BCUT2D eigenvalue weighted by molar-refractivity contribution is 4.98. The van der Waals surface area contributed by atoms with E-state index in [-0.39, 0.29) is 0 Å². The number of hydrogen-bond donors (Lipinski definition) is 0. The van der Waals surface area contributed by atoms with Gasteiger partial charge in [0, 0.05) is 19.1 Å². The summed E-state index contributed by atoms with van der Waals surface area (Å²) in [6.45, 7) is 11.6. The van der Waals surface area contributed by atoms with Crippen molar-refractivity contribution in [2.45, 2.75) is 38.6 Å². The van der Waals surface area contributed by atoms with Gasteiger partial charge in [-0.1, -0.05) is 6.92 Å². The summed E-state index contributed by atoms with van der Waals surface area (Å²) in [5.41, 5.74) is 0.663. The first kappa shape index (κ1) is 12.9. The third kappa shape index (κ3) is 2.45. The third-order valence-electron chi connectivity index (χ3n) is 5.62. The molecule has 0 radical (unpaired) electrons. The van der Waals surface area contributed by atoms with E-state index in [1.54, 1.807) is 0 Å². The first-order chi connectivity index (χ1) is 8.71. The van der Waals surface area contributed by atoms with Crippen LogP contribution in [0.15, 0.2) is 0 Å². The van der Waals surface area contributed by atoms with E-state index in [1.165, 1.54) is 71.5 Å². The van der Waals surface area contributed by atoms with Gasteiger partial charge in [0.05, 0.1) is 0 Å². The van der Waals surface area contributed by atoms with Gasteiger partial charge in [0.2, 0.25) is 0 Å². The molecule has 3 rings (SSSR count). The van der Waals surface area contributed by atoms with E-state index in [0.29, 0.717) is 5.41 Å². The average molecular weight is 251 g/mol. The van der Waals surface area contributed by atoms with Gasteiger partial charge in [-0.15, -0.1) is 0 Å². The van der Waals surface area contributed by atoms with Gasteiger partial charge in [0.1, 0.15) is 0 Å². The molecule has 18 heavy (non-hydrogen) atoms. The van der Waals surface area contributed by atoms with Gasteiger partial charge in [-0.2, -0.15) is 0 Å². The highest BCUT2D eigenvalue weighted by Gasteiger charge is 2.44.